The Morgan fingerprint density at radius 1 is 1.28 bits per heavy atom. The van der Waals surface area contributed by atoms with Crippen LogP contribution >= 0.6 is 27.3 Å². The zero-order valence-corrected chi connectivity index (χ0v) is 14.4. The van der Waals surface area contributed by atoms with Crippen LogP contribution in [0.1, 0.15) is 45.6 Å². The van der Waals surface area contributed by atoms with Crippen molar-refractivity contribution >= 4 is 37.3 Å². The molecule has 0 aromatic carbocycles. The molecule has 0 unspecified atom stereocenters. The predicted molar refractivity (Wildman–Crippen MR) is 80.7 cm³/mol. The summed E-state index contributed by atoms with van der Waals surface area (Å²) in [5.74, 6) is 0. The van der Waals surface area contributed by atoms with Gasteiger partial charge in [-0.05, 0) is 53.7 Å². The lowest BCUT2D eigenvalue weighted by Crippen LogP contribution is -2.46. The third-order valence-electron chi connectivity index (χ3n) is 3.48. The molecule has 1 aromatic rings. The third-order valence-corrected chi connectivity index (χ3v) is 7.67. The summed E-state index contributed by atoms with van der Waals surface area (Å²) in [6.07, 6.45) is 2.39. The van der Waals surface area contributed by atoms with Gasteiger partial charge in [0.2, 0.25) is 0 Å². The fourth-order valence-corrected chi connectivity index (χ4v) is 5.71. The second kappa shape index (κ2) is 6.03. The number of aryl methyl sites for hydroxylation is 1. The van der Waals surface area contributed by atoms with Crippen LogP contribution in [0.15, 0.2) is 14.1 Å². The first-order chi connectivity index (χ1) is 8.30. The van der Waals surface area contributed by atoms with E-state index in [0.29, 0.717) is 4.21 Å². The summed E-state index contributed by atoms with van der Waals surface area (Å²) in [6.45, 7) is 7.95. The topological polar surface area (TPSA) is 46.2 Å². The fraction of sp³-hybridized carbons (Fsp3) is 0.667. The van der Waals surface area contributed by atoms with E-state index in [1.807, 2.05) is 27.7 Å². The van der Waals surface area contributed by atoms with E-state index in [0.717, 1.165) is 28.6 Å². The highest BCUT2D eigenvalue weighted by Gasteiger charge is 2.31. The van der Waals surface area contributed by atoms with Crippen LogP contribution in [0.25, 0.3) is 0 Å². The molecule has 0 saturated heterocycles. The zero-order chi connectivity index (χ0) is 14.0. The number of hydrogen-bond donors (Lipinski definition) is 1. The van der Waals surface area contributed by atoms with Crippen molar-refractivity contribution in [2.24, 2.45) is 0 Å². The molecule has 1 heterocycles. The quantitative estimate of drug-likeness (QED) is 0.837. The number of thiophene rings is 1. The average molecular weight is 354 g/mol. The molecule has 0 atom stereocenters. The molecule has 6 heteroatoms. The molecule has 104 valence electrons. The molecular formula is C12H20BrNO2S2. The van der Waals surface area contributed by atoms with Crippen molar-refractivity contribution in [3.63, 3.8) is 0 Å². The summed E-state index contributed by atoms with van der Waals surface area (Å²) in [7, 11) is -3.42. The Morgan fingerprint density at radius 3 is 2.11 bits per heavy atom. The Bertz CT molecular complexity index is 476. The number of hydrogen-bond acceptors (Lipinski definition) is 3. The number of halogens is 1. The Hall–Kier alpha value is 0.0900. The van der Waals surface area contributed by atoms with Crippen molar-refractivity contribution in [3.8, 4) is 0 Å². The number of sulfonamides is 1. The number of rotatable bonds is 6. The van der Waals surface area contributed by atoms with E-state index in [9.17, 15) is 8.42 Å². The first-order valence-electron chi connectivity index (χ1n) is 6.10. The minimum absolute atomic E-state index is 0.330. The molecule has 0 bridgehead atoms. The highest BCUT2D eigenvalue weighted by molar-refractivity contribution is 9.11. The predicted octanol–water partition coefficient (Wildman–Crippen LogP) is 4.07. The van der Waals surface area contributed by atoms with Gasteiger partial charge in [-0.1, -0.05) is 20.8 Å². The molecule has 18 heavy (non-hydrogen) atoms. The Morgan fingerprint density at radius 2 is 1.78 bits per heavy atom. The molecule has 1 N–H and O–H groups in total. The van der Waals surface area contributed by atoms with Crippen LogP contribution in [0.5, 0.6) is 0 Å². The van der Waals surface area contributed by atoms with Gasteiger partial charge in [0, 0.05) is 5.54 Å². The van der Waals surface area contributed by atoms with Crippen LogP contribution in [0, 0.1) is 6.92 Å². The summed E-state index contributed by atoms with van der Waals surface area (Å²) in [4.78, 5) is 0. The second-order valence-corrected chi connectivity index (χ2v) is 8.75. The van der Waals surface area contributed by atoms with E-state index in [4.69, 9.17) is 0 Å². The van der Waals surface area contributed by atoms with Crippen LogP contribution in [0.3, 0.4) is 0 Å². The zero-order valence-electron chi connectivity index (χ0n) is 11.2. The lowest BCUT2D eigenvalue weighted by atomic mass is 9.91. The van der Waals surface area contributed by atoms with Crippen LogP contribution in [-0.4, -0.2) is 14.0 Å². The molecule has 0 aliphatic rings. The van der Waals surface area contributed by atoms with Gasteiger partial charge < -0.3 is 0 Å². The van der Waals surface area contributed by atoms with Gasteiger partial charge in [-0.3, -0.25) is 0 Å². The lowest BCUT2D eigenvalue weighted by molar-refractivity contribution is 0.342. The summed E-state index contributed by atoms with van der Waals surface area (Å²) >= 11 is 4.63. The van der Waals surface area contributed by atoms with Gasteiger partial charge in [0.15, 0.2) is 0 Å². The van der Waals surface area contributed by atoms with Gasteiger partial charge in [-0.2, -0.15) is 0 Å². The largest absolute Gasteiger partial charge is 0.250 e. The molecule has 0 aliphatic heterocycles. The van der Waals surface area contributed by atoms with Crippen molar-refractivity contribution < 1.29 is 8.42 Å². The van der Waals surface area contributed by atoms with Crippen LogP contribution in [-0.2, 0) is 10.0 Å². The molecule has 0 spiro atoms. The van der Waals surface area contributed by atoms with E-state index in [1.54, 1.807) is 6.07 Å². The minimum Gasteiger partial charge on any atom is -0.206 e. The number of nitrogens with one attached hydrogen (secondary N) is 1. The molecular weight excluding hydrogens is 334 g/mol. The van der Waals surface area contributed by atoms with Crippen LogP contribution in [0.2, 0.25) is 0 Å². The highest BCUT2D eigenvalue weighted by Crippen LogP contribution is 2.32. The molecule has 0 aliphatic carbocycles. The van der Waals surface area contributed by atoms with Crippen molar-refractivity contribution in [1.82, 2.24) is 4.72 Å². The smallest absolute Gasteiger partial charge is 0.206 e. The molecule has 0 saturated carbocycles. The monoisotopic (exact) mass is 353 g/mol. The molecule has 0 amide bonds. The molecule has 0 radical (unpaired) electrons. The maximum absolute atomic E-state index is 12.4. The fourth-order valence-electron chi connectivity index (χ4n) is 1.87. The van der Waals surface area contributed by atoms with Crippen LogP contribution < -0.4 is 4.72 Å². The van der Waals surface area contributed by atoms with Gasteiger partial charge >= 0.3 is 0 Å². The van der Waals surface area contributed by atoms with Gasteiger partial charge in [0.1, 0.15) is 4.21 Å². The summed E-state index contributed by atoms with van der Waals surface area (Å²) < 4.78 is 28.9. The Balaban J connectivity index is 3.08. The van der Waals surface area contributed by atoms with Gasteiger partial charge in [-0.15, -0.1) is 11.3 Å². The maximum Gasteiger partial charge on any atom is 0.250 e. The van der Waals surface area contributed by atoms with E-state index in [-0.39, 0.29) is 5.54 Å². The molecule has 3 nitrogen and oxygen atoms in total. The summed E-state index contributed by atoms with van der Waals surface area (Å²) in [5.41, 5.74) is 0.624. The van der Waals surface area contributed by atoms with E-state index in [1.165, 1.54) is 11.3 Å². The average Bonchev–Trinajstić information content (AvgIpc) is 2.68. The Labute approximate surface area is 122 Å². The van der Waals surface area contributed by atoms with Gasteiger partial charge in [0.25, 0.3) is 10.0 Å². The third kappa shape index (κ3) is 3.35. The summed E-state index contributed by atoms with van der Waals surface area (Å²) in [5, 5.41) is 0. The van der Waals surface area contributed by atoms with Crippen molar-refractivity contribution in [3.05, 3.63) is 15.4 Å². The van der Waals surface area contributed by atoms with Crippen molar-refractivity contribution in [2.45, 2.75) is 56.7 Å². The van der Waals surface area contributed by atoms with E-state index in [2.05, 4.69) is 20.7 Å². The summed E-state index contributed by atoms with van der Waals surface area (Å²) in [6, 6.07) is 1.71. The highest BCUT2D eigenvalue weighted by atomic mass is 79.9. The molecule has 0 fully saturated rings. The minimum atomic E-state index is -3.42. The normalized spacial score (nSPS) is 12.9. The van der Waals surface area contributed by atoms with Gasteiger partial charge in [0.05, 0.1) is 3.79 Å². The Kier molecular flexibility index (Phi) is 5.41. The van der Waals surface area contributed by atoms with Crippen LogP contribution in [0.4, 0.5) is 0 Å². The molecule has 1 aromatic heterocycles. The standard InChI is InChI=1S/C12H20BrNO2S2/c1-5-12(6-2,7-3)14-18(15,16)10-8-9(4)11(13)17-10/h8,14H,5-7H2,1-4H3. The van der Waals surface area contributed by atoms with Crippen molar-refractivity contribution in [1.29, 1.82) is 0 Å². The van der Waals surface area contributed by atoms with Gasteiger partial charge in [-0.25, -0.2) is 13.1 Å². The maximum atomic E-state index is 12.4. The first-order valence-corrected chi connectivity index (χ1v) is 9.19. The SMILES string of the molecule is CCC(CC)(CC)NS(=O)(=O)c1cc(C)c(Br)s1. The second-order valence-electron chi connectivity index (χ2n) is 4.47. The first kappa shape index (κ1) is 16.1. The lowest BCUT2D eigenvalue weighted by Gasteiger charge is -2.30. The van der Waals surface area contributed by atoms with E-state index >= 15 is 0 Å². The van der Waals surface area contributed by atoms with E-state index < -0.39 is 10.0 Å². The molecule has 1 rings (SSSR count). The van der Waals surface area contributed by atoms with Crippen molar-refractivity contribution in [2.75, 3.05) is 0 Å².